The fourth-order valence-corrected chi connectivity index (χ4v) is 5.09. The Bertz CT molecular complexity index is 2030. The van der Waals surface area contributed by atoms with Crippen molar-refractivity contribution in [1.29, 1.82) is 0 Å². The third kappa shape index (κ3) is 5.58. The third-order valence-corrected chi connectivity index (χ3v) is 7.83. The Morgan fingerprint density at radius 2 is 2.00 bits per heavy atom. The smallest absolute Gasteiger partial charge is 0.262 e. The topological polar surface area (TPSA) is 158 Å². The monoisotopic (exact) mass is 573 g/mol. The van der Waals surface area contributed by atoms with Gasteiger partial charge in [-0.15, -0.1) is 0 Å². The molecule has 1 unspecified atom stereocenters. The number of hydrogen-bond donors (Lipinski definition) is 2. The van der Waals surface area contributed by atoms with Crippen molar-refractivity contribution in [2.45, 2.75) is 26.4 Å². The van der Waals surface area contributed by atoms with E-state index in [4.69, 9.17) is 4.98 Å². The highest BCUT2D eigenvalue weighted by atomic mass is 32.2. The van der Waals surface area contributed by atoms with Gasteiger partial charge in [-0.05, 0) is 39.1 Å². The lowest BCUT2D eigenvalue weighted by Gasteiger charge is -2.20. The second-order valence-electron chi connectivity index (χ2n) is 9.35. The van der Waals surface area contributed by atoms with Gasteiger partial charge in [0.2, 0.25) is 10.0 Å². The summed E-state index contributed by atoms with van der Waals surface area (Å²) >= 11 is 0. The number of carbonyl (C=O) groups excluding carboxylic acids is 1. The molecule has 0 saturated carbocycles. The van der Waals surface area contributed by atoms with Gasteiger partial charge < -0.3 is 5.32 Å². The number of benzene rings is 1. The minimum absolute atomic E-state index is 0.192. The number of aromatic nitrogens is 7. The summed E-state index contributed by atoms with van der Waals surface area (Å²) in [5.41, 5.74) is 2.16. The van der Waals surface area contributed by atoms with Gasteiger partial charge in [-0.25, -0.2) is 27.6 Å². The van der Waals surface area contributed by atoms with Crippen LogP contribution in [0.25, 0.3) is 16.6 Å². The Balaban J connectivity index is 1.59. The summed E-state index contributed by atoms with van der Waals surface area (Å²) in [6.45, 7) is 3.19. The van der Waals surface area contributed by atoms with Gasteiger partial charge in [0.1, 0.15) is 11.4 Å². The van der Waals surface area contributed by atoms with Crippen LogP contribution in [0.3, 0.4) is 0 Å². The predicted molar refractivity (Wildman–Crippen MR) is 152 cm³/mol. The van der Waals surface area contributed by atoms with Gasteiger partial charge in [0.15, 0.2) is 5.65 Å². The molecule has 0 fully saturated rings. The molecule has 0 radical (unpaired) electrons. The number of carbonyl (C=O) groups is 1. The van der Waals surface area contributed by atoms with E-state index in [9.17, 15) is 18.0 Å². The lowest BCUT2D eigenvalue weighted by atomic mass is 10.1. The first-order valence-corrected chi connectivity index (χ1v) is 14.3. The van der Waals surface area contributed by atoms with Crippen LogP contribution in [0.15, 0.2) is 53.8 Å². The van der Waals surface area contributed by atoms with Gasteiger partial charge >= 0.3 is 0 Å². The largest absolute Gasteiger partial charge is 0.342 e. The maximum atomic E-state index is 13.9. The molecule has 0 aliphatic rings. The maximum Gasteiger partial charge on any atom is 0.262 e. The molecule has 14 heteroatoms. The highest BCUT2D eigenvalue weighted by Crippen LogP contribution is 2.19. The Morgan fingerprint density at radius 3 is 2.73 bits per heavy atom. The van der Waals surface area contributed by atoms with Gasteiger partial charge in [-0.3, -0.25) is 18.8 Å². The SMILES string of the molecule is CNS(=O)(=O)CCn1c(C(C)NC(=O)c2c(C)nn3cccnc23)nc2cccc(C#Cc3cnn(C)c3)c2c1=O. The van der Waals surface area contributed by atoms with Gasteiger partial charge in [-0.2, -0.15) is 10.2 Å². The standard InChI is InChI=1S/C27H27N9O4S/c1-17-22(25-29-11-6-12-36(25)33-17)26(37)31-18(2)24-32-21-8-5-7-20(10-9-19-15-30-34(4)16-19)23(21)27(38)35(24)13-14-41(39,40)28-3/h5-8,11-12,15-16,18,28H,13-14H2,1-4H3,(H,31,37). The number of fused-ring (bicyclic) bond motifs is 2. The number of nitrogens with one attached hydrogen (secondary N) is 2. The maximum absolute atomic E-state index is 13.9. The quantitative estimate of drug-likeness (QED) is 0.272. The fraction of sp³-hybridized carbons (Fsp3) is 0.259. The van der Waals surface area contributed by atoms with Crippen LogP contribution in [0, 0.1) is 18.8 Å². The number of sulfonamides is 1. The zero-order valence-electron chi connectivity index (χ0n) is 22.8. The summed E-state index contributed by atoms with van der Waals surface area (Å²) in [7, 11) is -0.572. The molecule has 4 aromatic heterocycles. The van der Waals surface area contributed by atoms with Gasteiger partial charge in [0.05, 0.1) is 40.2 Å². The predicted octanol–water partition coefficient (Wildman–Crippen LogP) is 0.921. The van der Waals surface area contributed by atoms with E-state index >= 15 is 0 Å². The van der Waals surface area contributed by atoms with Crippen molar-refractivity contribution in [2.75, 3.05) is 12.8 Å². The number of amides is 1. The van der Waals surface area contributed by atoms with E-state index in [0.717, 1.165) is 0 Å². The van der Waals surface area contributed by atoms with Crippen LogP contribution in [-0.2, 0) is 23.6 Å². The van der Waals surface area contributed by atoms with Crippen molar-refractivity contribution in [2.24, 2.45) is 7.05 Å². The normalized spacial score (nSPS) is 12.3. The average molecular weight is 574 g/mol. The van der Waals surface area contributed by atoms with Crippen LogP contribution in [0.5, 0.6) is 0 Å². The van der Waals surface area contributed by atoms with E-state index in [2.05, 4.69) is 37.1 Å². The first-order valence-electron chi connectivity index (χ1n) is 12.6. The molecule has 0 saturated heterocycles. The first kappa shape index (κ1) is 27.7. The van der Waals surface area contributed by atoms with Crippen LogP contribution in [0.1, 0.15) is 46.0 Å². The molecule has 4 heterocycles. The fourth-order valence-electron chi connectivity index (χ4n) is 4.47. The number of rotatable bonds is 7. The molecule has 0 spiro atoms. The molecule has 2 N–H and O–H groups in total. The first-order chi connectivity index (χ1) is 19.6. The summed E-state index contributed by atoms with van der Waals surface area (Å²) in [5, 5.41) is 11.6. The molecule has 210 valence electrons. The molecule has 0 bridgehead atoms. The number of aryl methyl sites for hydroxylation is 2. The summed E-state index contributed by atoms with van der Waals surface area (Å²) in [5.74, 6) is 5.39. The van der Waals surface area contributed by atoms with Crippen molar-refractivity contribution in [3.63, 3.8) is 0 Å². The minimum atomic E-state index is -3.65. The molecule has 0 aliphatic carbocycles. The summed E-state index contributed by atoms with van der Waals surface area (Å²) < 4.78 is 31.2. The molecule has 5 rings (SSSR count). The summed E-state index contributed by atoms with van der Waals surface area (Å²) in [4.78, 5) is 36.3. The van der Waals surface area contributed by atoms with E-state index < -0.39 is 27.5 Å². The van der Waals surface area contributed by atoms with Crippen molar-refractivity contribution in [3.8, 4) is 11.8 Å². The molecule has 1 aromatic carbocycles. The molecular weight excluding hydrogens is 546 g/mol. The molecule has 41 heavy (non-hydrogen) atoms. The summed E-state index contributed by atoms with van der Waals surface area (Å²) in [6.07, 6.45) is 6.62. The Hall–Kier alpha value is -4.87. The van der Waals surface area contributed by atoms with Gasteiger partial charge in [0.25, 0.3) is 11.5 Å². The van der Waals surface area contributed by atoms with Crippen molar-refractivity contribution >= 4 is 32.5 Å². The van der Waals surface area contributed by atoms with E-state index in [1.807, 2.05) is 0 Å². The minimum Gasteiger partial charge on any atom is -0.342 e. The van der Waals surface area contributed by atoms with E-state index in [1.54, 1.807) is 74.6 Å². The van der Waals surface area contributed by atoms with Crippen molar-refractivity contribution in [3.05, 3.63) is 87.6 Å². The zero-order chi connectivity index (χ0) is 29.3. The Morgan fingerprint density at radius 1 is 1.20 bits per heavy atom. The lowest BCUT2D eigenvalue weighted by molar-refractivity contribution is 0.0938. The molecule has 13 nitrogen and oxygen atoms in total. The Labute approximate surface area is 235 Å². The number of hydrogen-bond acceptors (Lipinski definition) is 8. The second-order valence-corrected chi connectivity index (χ2v) is 11.4. The second kappa shape index (κ2) is 11.0. The molecule has 5 aromatic rings. The van der Waals surface area contributed by atoms with Crippen LogP contribution >= 0.6 is 0 Å². The molecule has 1 atom stereocenters. The molecular formula is C27H27N9O4S. The van der Waals surface area contributed by atoms with Crippen molar-refractivity contribution in [1.82, 2.24) is 44.0 Å². The highest BCUT2D eigenvalue weighted by molar-refractivity contribution is 7.89. The van der Waals surface area contributed by atoms with Crippen LogP contribution in [-0.4, -0.2) is 61.1 Å². The zero-order valence-corrected chi connectivity index (χ0v) is 23.6. The van der Waals surface area contributed by atoms with Crippen LogP contribution in [0.2, 0.25) is 0 Å². The summed E-state index contributed by atoms with van der Waals surface area (Å²) in [6, 6.07) is 6.04. The Kier molecular flexibility index (Phi) is 7.40. The van der Waals surface area contributed by atoms with E-state index in [-0.39, 0.29) is 29.1 Å². The number of nitrogens with zero attached hydrogens (tertiary/aromatic N) is 7. The molecule has 0 aliphatic heterocycles. The van der Waals surface area contributed by atoms with Crippen molar-refractivity contribution < 1.29 is 13.2 Å². The van der Waals surface area contributed by atoms with Gasteiger partial charge in [-0.1, -0.05) is 17.9 Å². The average Bonchev–Trinajstić information content (AvgIpc) is 3.52. The van der Waals surface area contributed by atoms with Crippen LogP contribution in [0.4, 0.5) is 0 Å². The lowest BCUT2D eigenvalue weighted by Crippen LogP contribution is -2.36. The third-order valence-electron chi connectivity index (χ3n) is 6.49. The van der Waals surface area contributed by atoms with E-state index in [1.165, 1.54) is 16.1 Å². The molecule has 1 amide bonds. The van der Waals surface area contributed by atoms with Crippen LogP contribution < -0.4 is 15.6 Å². The van der Waals surface area contributed by atoms with E-state index in [0.29, 0.717) is 28.0 Å². The van der Waals surface area contributed by atoms with Gasteiger partial charge in [0, 0.05) is 37.7 Å². The highest BCUT2D eigenvalue weighted by Gasteiger charge is 2.24.